The summed E-state index contributed by atoms with van der Waals surface area (Å²) >= 11 is 0. The van der Waals surface area contributed by atoms with Crippen molar-refractivity contribution in [3.05, 3.63) is 12.7 Å². The van der Waals surface area contributed by atoms with Crippen molar-refractivity contribution in [1.29, 1.82) is 0 Å². The van der Waals surface area contributed by atoms with Crippen molar-refractivity contribution >= 4 is 0 Å². The topological polar surface area (TPSA) is 9.23 Å². The SMILES string of the molecule is C=CCOC1CCC(C2CCC(CCCCCC)CC2)CC1. The van der Waals surface area contributed by atoms with Gasteiger partial charge in [-0.15, -0.1) is 6.58 Å². The molecule has 22 heavy (non-hydrogen) atoms. The van der Waals surface area contributed by atoms with E-state index in [-0.39, 0.29) is 0 Å². The number of rotatable bonds is 9. The van der Waals surface area contributed by atoms with Gasteiger partial charge in [0.05, 0.1) is 12.7 Å². The number of unbranched alkanes of at least 4 members (excludes halogenated alkanes) is 3. The van der Waals surface area contributed by atoms with Crippen molar-refractivity contribution in [2.75, 3.05) is 6.61 Å². The van der Waals surface area contributed by atoms with Crippen LogP contribution in [0.2, 0.25) is 0 Å². The van der Waals surface area contributed by atoms with Gasteiger partial charge >= 0.3 is 0 Å². The lowest BCUT2D eigenvalue weighted by Crippen LogP contribution is -2.28. The normalized spacial score (nSPS) is 32.8. The van der Waals surface area contributed by atoms with E-state index in [1.807, 2.05) is 6.08 Å². The summed E-state index contributed by atoms with van der Waals surface area (Å²) in [5.74, 6) is 3.09. The largest absolute Gasteiger partial charge is 0.374 e. The predicted molar refractivity (Wildman–Crippen MR) is 96.1 cm³/mol. The number of ether oxygens (including phenoxy) is 1. The van der Waals surface area contributed by atoms with Crippen LogP contribution in [0.5, 0.6) is 0 Å². The first-order valence-electron chi connectivity index (χ1n) is 10.1. The molecule has 1 heteroatoms. The molecule has 2 rings (SSSR count). The first kappa shape index (κ1) is 18.0. The van der Waals surface area contributed by atoms with Crippen LogP contribution < -0.4 is 0 Å². The maximum Gasteiger partial charge on any atom is 0.0648 e. The van der Waals surface area contributed by atoms with Crippen molar-refractivity contribution < 1.29 is 4.74 Å². The highest BCUT2D eigenvalue weighted by Gasteiger charge is 2.30. The van der Waals surface area contributed by atoms with Crippen molar-refractivity contribution in [2.45, 2.75) is 96.5 Å². The number of hydrogen-bond donors (Lipinski definition) is 0. The second kappa shape index (κ2) is 10.5. The smallest absolute Gasteiger partial charge is 0.0648 e. The molecule has 0 N–H and O–H groups in total. The van der Waals surface area contributed by atoms with Gasteiger partial charge in [0.1, 0.15) is 0 Å². The Labute approximate surface area is 138 Å². The average molecular weight is 307 g/mol. The van der Waals surface area contributed by atoms with Crippen molar-refractivity contribution in [1.82, 2.24) is 0 Å². The van der Waals surface area contributed by atoms with E-state index in [9.17, 15) is 0 Å². The maximum absolute atomic E-state index is 5.83. The van der Waals surface area contributed by atoms with Gasteiger partial charge in [-0.3, -0.25) is 0 Å². The molecule has 2 fully saturated rings. The molecule has 0 saturated heterocycles. The fourth-order valence-electron chi connectivity index (χ4n) is 4.74. The second-order valence-corrected chi connectivity index (χ2v) is 7.79. The van der Waals surface area contributed by atoms with Gasteiger partial charge in [0.25, 0.3) is 0 Å². The Morgan fingerprint density at radius 2 is 1.50 bits per heavy atom. The molecule has 2 saturated carbocycles. The molecule has 128 valence electrons. The molecule has 0 atom stereocenters. The molecule has 0 radical (unpaired) electrons. The standard InChI is InChI=1S/C21H38O/c1-3-5-6-7-8-18-9-11-19(12-10-18)20-13-15-21(16-14-20)22-17-4-2/h4,18-21H,2-3,5-17H2,1H3. The molecule has 0 aliphatic heterocycles. The molecule has 2 aliphatic carbocycles. The highest BCUT2D eigenvalue weighted by molar-refractivity contribution is 4.82. The van der Waals surface area contributed by atoms with Crippen LogP contribution in [0.25, 0.3) is 0 Å². The zero-order valence-electron chi connectivity index (χ0n) is 14.9. The minimum absolute atomic E-state index is 0.518. The molecule has 0 spiro atoms. The van der Waals surface area contributed by atoms with Crippen LogP contribution in [0.4, 0.5) is 0 Å². The zero-order chi connectivity index (χ0) is 15.6. The first-order valence-corrected chi connectivity index (χ1v) is 10.1. The summed E-state index contributed by atoms with van der Waals surface area (Å²) in [5, 5.41) is 0. The fourth-order valence-corrected chi connectivity index (χ4v) is 4.74. The van der Waals surface area contributed by atoms with Crippen molar-refractivity contribution in [3.63, 3.8) is 0 Å². The third-order valence-corrected chi connectivity index (χ3v) is 6.19. The summed E-state index contributed by atoms with van der Waals surface area (Å²) in [6.07, 6.45) is 21.1. The van der Waals surface area contributed by atoms with Gasteiger partial charge in [-0.25, -0.2) is 0 Å². The van der Waals surface area contributed by atoms with Crippen molar-refractivity contribution in [3.8, 4) is 0 Å². The third-order valence-electron chi connectivity index (χ3n) is 6.19. The first-order chi connectivity index (χ1) is 10.8. The molecule has 0 amide bonds. The van der Waals surface area contributed by atoms with Crippen LogP contribution in [-0.2, 0) is 4.74 Å². The maximum atomic E-state index is 5.83. The molecule has 0 bridgehead atoms. The highest BCUT2D eigenvalue weighted by Crippen LogP contribution is 2.41. The molecule has 0 unspecified atom stereocenters. The van der Waals surface area contributed by atoms with Crippen LogP contribution in [0.15, 0.2) is 12.7 Å². The highest BCUT2D eigenvalue weighted by atomic mass is 16.5. The monoisotopic (exact) mass is 306 g/mol. The van der Waals surface area contributed by atoms with Gasteiger partial charge in [-0.2, -0.15) is 0 Å². The van der Waals surface area contributed by atoms with Crippen molar-refractivity contribution in [2.24, 2.45) is 17.8 Å². The number of hydrogen-bond acceptors (Lipinski definition) is 1. The van der Waals surface area contributed by atoms with E-state index in [1.54, 1.807) is 0 Å². The molecular formula is C21H38O. The summed E-state index contributed by atoms with van der Waals surface area (Å²) in [6.45, 7) is 6.79. The van der Waals surface area contributed by atoms with Gasteiger partial charge in [-0.1, -0.05) is 57.9 Å². The van der Waals surface area contributed by atoms with E-state index < -0.39 is 0 Å². The average Bonchev–Trinajstić information content (AvgIpc) is 2.58. The Kier molecular flexibility index (Phi) is 8.59. The van der Waals surface area contributed by atoms with E-state index >= 15 is 0 Å². The summed E-state index contributed by atoms with van der Waals surface area (Å²) in [6, 6.07) is 0. The molecular weight excluding hydrogens is 268 g/mol. The molecule has 0 aromatic heterocycles. The fraction of sp³-hybridized carbons (Fsp3) is 0.905. The third kappa shape index (κ3) is 6.07. The lowest BCUT2D eigenvalue weighted by atomic mass is 9.70. The predicted octanol–water partition coefficient (Wildman–Crippen LogP) is 6.52. The van der Waals surface area contributed by atoms with Gasteiger partial charge < -0.3 is 4.74 Å². The summed E-state index contributed by atoms with van der Waals surface area (Å²) < 4.78 is 5.83. The molecule has 1 nitrogen and oxygen atoms in total. The Hall–Kier alpha value is -0.300. The minimum atomic E-state index is 0.518. The zero-order valence-corrected chi connectivity index (χ0v) is 14.9. The second-order valence-electron chi connectivity index (χ2n) is 7.79. The Bertz CT molecular complexity index is 282. The van der Waals surface area contributed by atoms with Crippen LogP contribution in [0.3, 0.4) is 0 Å². The Morgan fingerprint density at radius 3 is 2.09 bits per heavy atom. The van der Waals surface area contributed by atoms with E-state index in [1.165, 1.54) is 83.5 Å². The summed E-state index contributed by atoms with van der Waals surface area (Å²) in [7, 11) is 0. The Balaban J connectivity index is 1.58. The minimum Gasteiger partial charge on any atom is -0.374 e. The van der Waals surface area contributed by atoms with Gasteiger partial charge in [0.2, 0.25) is 0 Å². The van der Waals surface area contributed by atoms with Crippen LogP contribution in [0.1, 0.15) is 90.4 Å². The van der Waals surface area contributed by atoms with E-state index in [4.69, 9.17) is 4.74 Å². The molecule has 2 aliphatic rings. The van der Waals surface area contributed by atoms with Gasteiger partial charge in [0.15, 0.2) is 0 Å². The summed E-state index contributed by atoms with van der Waals surface area (Å²) in [4.78, 5) is 0. The van der Waals surface area contributed by atoms with Gasteiger partial charge in [0, 0.05) is 0 Å². The van der Waals surface area contributed by atoms with E-state index in [2.05, 4.69) is 13.5 Å². The molecule has 0 aromatic carbocycles. The lowest BCUT2D eigenvalue weighted by Gasteiger charge is -2.37. The van der Waals surface area contributed by atoms with Crippen LogP contribution >= 0.6 is 0 Å². The Morgan fingerprint density at radius 1 is 0.864 bits per heavy atom. The summed E-state index contributed by atoms with van der Waals surface area (Å²) in [5.41, 5.74) is 0. The van der Waals surface area contributed by atoms with Crippen LogP contribution in [0, 0.1) is 17.8 Å². The van der Waals surface area contributed by atoms with E-state index in [0.717, 1.165) is 24.4 Å². The lowest BCUT2D eigenvalue weighted by molar-refractivity contribution is 0.0210. The van der Waals surface area contributed by atoms with Crippen LogP contribution in [-0.4, -0.2) is 12.7 Å². The quantitative estimate of drug-likeness (QED) is 0.348. The molecule has 0 heterocycles. The van der Waals surface area contributed by atoms with E-state index in [0.29, 0.717) is 6.10 Å². The molecule has 0 aromatic rings. The van der Waals surface area contributed by atoms with Gasteiger partial charge in [-0.05, 0) is 56.3 Å².